The van der Waals surface area contributed by atoms with Gasteiger partial charge in [-0.2, -0.15) is 0 Å². The Morgan fingerprint density at radius 3 is 3.06 bits per heavy atom. The Morgan fingerprint density at radius 1 is 1.56 bits per heavy atom. The molecule has 2 aromatic heterocycles. The van der Waals surface area contributed by atoms with Gasteiger partial charge in [0.05, 0.1) is 17.0 Å². The number of rotatable bonds is 5. The fourth-order valence-electron chi connectivity index (χ4n) is 1.47. The first-order valence-corrected chi connectivity index (χ1v) is 6.79. The molecule has 0 atom stereocenters. The van der Waals surface area contributed by atoms with E-state index in [0.717, 1.165) is 10.6 Å². The molecule has 4 nitrogen and oxygen atoms in total. The molecule has 0 spiro atoms. The second-order valence-corrected chi connectivity index (χ2v) is 5.48. The zero-order valence-electron chi connectivity index (χ0n) is 10.5. The first-order valence-electron chi connectivity index (χ1n) is 5.91. The number of aromatic nitrogens is 1. The lowest BCUT2D eigenvalue weighted by Gasteiger charge is -2.05. The minimum absolute atomic E-state index is 0.0188. The van der Waals surface area contributed by atoms with Crippen LogP contribution in [0.15, 0.2) is 28.1 Å². The number of hydrogen-bond donors (Lipinski definition) is 1. The van der Waals surface area contributed by atoms with E-state index in [1.807, 2.05) is 23.6 Å². The van der Waals surface area contributed by atoms with E-state index in [9.17, 15) is 4.79 Å². The highest BCUT2D eigenvalue weighted by Crippen LogP contribution is 2.25. The van der Waals surface area contributed by atoms with Crippen LogP contribution in [0.5, 0.6) is 0 Å². The summed E-state index contributed by atoms with van der Waals surface area (Å²) in [5.41, 5.74) is 0.666. The number of carbonyl (C=O) groups excluding carboxylic acids is 1. The summed E-state index contributed by atoms with van der Waals surface area (Å²) in [6.45, 7) is 4.81. The van der Waals surface area contributed by atoms with Gasteiger partial charge in [0.15, 0.2) is 5.76 Å². The Hall–Kier alpha value is -1.62. The Morgan fingerprint density at radius 2 is 2.39 bits per heavy atom. The maximum atomic E-state index is 11.6. The van der Waals surface area contributed by atoms with Crippen molar-refractivity contribution in [3.63, 3.8) is 0 Å². The van der Waals surface area contributed by atoms with Crippen LogP contribution in [-0.2, 0) is 11.2 Å². The molecule has 0 fully saturated rings. The van der Waals surface area contributed by atoms with Crippen molar-refractivity contribution >= 4 is 17.2 Å². The van der Waals surface area contributed by atoms with Gasteiger partial charge in [0.25, 0.3) is 0 Å². The van der Waals surface area contributed by atoms with Crippen LogP contribution in [-0.4, -0.2) is 17.6 Å². The summed E-state index contributed by atoms with van der Waals surface area (Å²) in [6, 6.07) is 5.74. The van der Waals surface area contributed by atoms with Gasteiger partial charge in [-0.05, 0) is 17.4 Å². The highest BCUT2D eigenvalue weighted by Gasteiger charge is 2.11. The van der Waals surface area contributed by atoms with Crippen LogP contribution >= 0.6 is 11.3 Å². The first-order chi connectivity index (χ1) is 8.65. The molecule has 0 saturated heterocycles. The fraction of sp³-hybridized carbons (Fsp3) is 0.385. The summed E-state index contributed by atoms with van der Waals surface area (Å²) in [5.74, 6) is 1.15. The molecule has 96 valence electrons. The van der Waals surface area contributed by atoms with Crippen molar-refractivity contribution in [1.29, 1.82) is 0 Å². The van der Waals surface area contributed by atoms with E-state index in [4.69, 9.17) is 4.52 Å². The minimum Gasteiger partial charge on any atom is -0.356 e. The molecule has 5 heteroatoms. The largest absolute Gasteiger partial charge is 0.356 e. The molecule has 18 heavy (non-hydrogen) atoms. The third-order valence-corrected chi connectivity index (χ3v) is 3.26. The van der Waals surface area contributed by atoms with Crippen LogP contribution in [0.2, 0.25) is 0 Å². The third kappa shape index (κ3) is 3.43. The number of amides is 1. The van der Waals surface area contributed by atoms with E-state index < -0.39 is 0 Å². The lowest BCUT2D eigenvalue weighted by Crippen LogP contribution is -2.28. The number of thiophene rings is 1. The van der Waals surface area contributed by atoms with E-state index in [-0.39, 0.29) is 12.3 Å². The summed E-state index contributed by atoms with van der Waals surface area (Å²) in [5, 5.41) is 8.75. The minimum atomic E-state index is -0.0188. The lowest BCUT2D eigenvalue weighted by molar-refractivity contribution is -0.120. The third-order valence-electron chi connectivity index (χ3n) is 2.37. The molecule has 0 radical (unpaired) electrons. The van der Waals surface area contributed by atoms with Crippen LogP contribution in [0, 0.1) is 5.92 Å². The molecule has 1 N–H and O–H groups in total. The molecule has 2 rings (SSSR count). The van der Waals surface area contributed by atoms with E-state index in [0.29, 0.717) is 18.2 Å². The van der Waals surface area contributed by atoms with Gasteiger partial charge >= 0.3 is 0 Å². The molecule has 1 amide bonds. The van der Waals surface area contributed by atoms with Gasteiger partial charge < -0.3 is 9.84 Å². The van der Waals surface area contributed by atoms with Crippen LogP contribution in [0.4, 0.5) is 0 Å². The summed E-state index contributed by atoms with van der Waals surface area (Å²) < 4.78 is 5.22. The van der Waals surface area contributed by atoms with Crippen molar-refractivity contribution in [1.82, 2.24) is 10.5 Å². The summed E-state index contributed by atoms with van der Waals surface area (Å²) in [7, 11) is 0. The molecule has 0 aromatic carbocycles. The molecule has 0 aliphatic heterocycles. The monoisotopic (exact) mass is 264 g/mol. The van der Waals surface area contributed by atoms with Gasteiger partial charge in [0.1, 0.15) is 0 Å². The van der Waals surface area contributed by atoms with Gasteiger partial charge in [-0.15, -0.1) is 11.3 Å². The van der Waals surface area contributed by atoms with Crippen LogP contribution in [0.1, 0.15) is 19.5 Å². The van der Waals surface area contributed by atoms with Crippen LogP contribution < -0.4 is 5.32 Å². The molecule has 0 aliphatic carbocycles. The quantitative estimate of drug-likeness (QED) is 0.903. The Bertz CT molecular complexity index is 503. The van der Waals surface area contributed by atoms with Crippen molar-refractivity contribution in [3.05, 3.63) is 29.3 Å². The maximum Gasteiger partial charge on any atom is 0.226 e. The predicted octanol–water partition coefficient (Wildman–Crippen LogP) is 2.72. The van der Waals surface area contributed by atoms with E-state index in [1.165, 1.54) is 0 Å². The Labute approximate surface area is 110 Å². The normalized spacial score (nSPS) is 10.8. The topological polar surface area (TPSA) is 55.1 Å². The van der Waals surface area contributed by atoms with Gasteiger partial charge in [0.2, 0.25) is 5.91 Å². The average molecular weight is 264 g/mol. The van der Waals surface area contributed by atoms with Crippen molar-refractivity contribution in [3.8, 4) is 10.6 Å². The SMILES string of the molecule is CC(C)CNC(=O)Cc1cc(-c2cccs2)on1. The molecular weight excluding hydrogens is 248 g/mol. The smallest absolute Gasteiger partial charge is 0.226 e. The summed E-state index contributed by atoms with van der Waals surface area (Å²) in [4.78, 5) is 12.6. The van der Waals surface area contributed by atoms with Crippen molar-refractivity contribution in [2.75, 3.05) is 6.54 Å². The maximum absolute atomic E-state index is 11.6. The van der Waals surface area contributed by atoms with Crippen molar-refractivity contribution in [2.24, 2.45) is 5.92 Å². The summed E-state index contributed by atoms with van der Waals surface area (Å²) >= 11 is 1.59. The number of hydrogen-bond acceptors (Lipinski definition) is 4. The Kier molecular flexibility index (Phi) is 4.15. The highest BCUT2D eigenvalue weighted by molar-refractivity contribution is 7.13. The van der Waals surface area contributed by atoms with Gasteiger partial charge in [-0.25, -0.2) is 0 Å². The standard InChI is InChI=1S/C13H16N2O2S/c1-9(2)8-14-13(16)7-10-6-11(17-15-10)12-4-3-5-18-12/h3-6,9H,7-8H2,1-2H3,(H,14,16). The van der Waals surface area contributed by atoms with Gasteiger partial charge in [0, 0.05) is 12.6 Å². The molecule has 2 aromatic rings. The Balaban J connectivity index is 1.93. The molecule has 0 saturated carbocycles. The number of carbonyl (C=O) groups is 1. The lowest BCUT2D eigenvalue weighted by atomic mass is 10.2. The van der Waals surface area contributed by atoms with E-state index in [2.05, 4.69) is 24.3 Å². The zero-order chi connectivity index (χ0) is 13.0. The molecule has 0 aliphatic rings. The highest BCUT2D eigenvalue weighted by atomic mass is 32.1. The second-order valence-electron chi connectivity index (χ2n) is 4.53. The number of nitrogens with one attached hydrogen (secondary N) is 1. The van der Waals surface area contributed by atoms with Crippen LogP contribution in [0.25, 0.3) is 10.6 Å². The van der Waals surface area contributed by atoms with E-state index >= 15 is 0 Å². The number of nitrogens with zero attached hydrogens (tertiary/aromatic N) is 1. The van der Waals surface area contributed by atoms with Crippen LogP contribution in [0.3, 0.4) is 0 Å². The zero-order valence-corrected chi connectivity index (χ0v) is 11.3. The first kappa shape index (κ1) is 12.8. The molecule has 0 unspecified atom stereocenters. The van der Waals surface area contributed by atoms with Gasteiger partial charge in [-0.1, -0.05) is 25.1 Å². The van der Waals surface area contributed by atoms with Crippen molar-refractivity contribution in [2.45, 2.75) is 20.3 Å². The summed E-state index contributed by atoms with van der Waals surface area (Å²) in [6.07, 6.45) is 0.265. The molecular formula is C13H16N2O2S. The van der Waals surface area contributed by atoms with Crippen molar-refractivity contribution < 1.29 is 9.32 Å². The van der Waals surface area contributed by atoms with E-state index in [1.54, 1.807) is 11.3 Å². The molecule has 0 bridgehead atoms. The molecule has 2 heterocycles. The average Bonchev–Trinajstić information content (AvgIpc) is 2.95. The second kappa shape index (κ2) is 5.82. The predicted molar refractivity (Wildman–Crippen MR) is 71.4 cm³/mol. The van der Waals surface area contributed by atoms with Gasteiger partial charge in [-0.3, -0.25) is 4.79 Å². The fourth-order valence-corrected chi connectivity index (χ4v) is 2.15.